The molecule has 0 aliphatic heterocycles. The van der Waals surface area contributed by atoms with Gasteiger partial charge in [-0.2, -0.15) is 0 Å². The van der Waals surface area contributed by atoms with E-state index in [-0.39, 0.29) is 24.2 Å². The Kier molecular flexibility index (Phi) is 4.14. The van der Waals surface area contributed by atoms with E-state index in [2.05, 4.69) is 5.32 Å². The first kappa shape index (κ1) is 14.2. The molecule has 0 saturated heterocycles. The summed E-state index contributed by atoms with van der Waals surface area (Å²) in [5.41, 5.74) is 0.297. The van der Waals surface area contributed by atoms with Crippen LogP contribution in [0.1, 0.15) is 27.4 Å². The van der Waals surface area contributed by atoms with E-state index in [4.69, 9.17) is 9.52 Å². The summed E-state index contributed by atoms with van der Waals surface area (Å²) in [7, 11) is 0. The summed E-state index contributed by atoms with van der Waals surface area (Å²) in [6.45, 7) is 1.90. The number of nitrogens with one attached hydrogen (secondary N) is 1. The second-order valence-corrected chi connectivity index (χ2v) is 4.33. The van der Waals surface area contributed by atoms with Crippen LogP contribution in [0.25, 0.3) is 0 Å². The highest BCUT2D eigenvalue weighted by molar-refractivity contribution is 5.88. The fraction of sp³-hybridized carbons (Fsp3) is 0.214. The van der Waals surface area contributed by atoms with Crippen LogP contribution in [-0.4, -0.2) is 11.1 Å². The van der Waals surface area contributed by atoms with Crippen molar-refractivity contribution in [1.82, 2.24) is 5.32 Å². The van der Waals surface area contributed by atoms with Gasteiger partial charge in [-0.3, -0.25) is 0 Å². The van der Waals surface area contributed by atoms with Gasteiger partial charge in [0.2, 0.25) is 0 Å². The summed E-state index contributed by atoms with van der Waals surface area (Å²) in [6, 6.07) is 4.63. The molecule has 0 radical (unpaired) electrons. The van der Waals surface area contributed by atoms with Crippen LogP contribution in [0.5, 0.6) is 0 Å². The lowest BCUT2D eigenvalue weighted by Crippen LogP contribution is -2.13. The van der Waals surface area contributed by atoms with E-state index in [0.717, 1.165) is 18.2 Å². The van der Waals surface area contributed by atoms with E-state index < -0.39 is 17.6 Å². The minimum absolute atomic E-state index is 0.0961. The van der Waals surface area contributed by atoms with E-state index in [0.29, 0.717) is 11.5 Å². The predicted octanol–water partition coefficient (Wildman–Crippen LogP) is 2.85. The minimum atomic E-state index is -1.06. The molecule has 0 aliphatic rings. The van der Waals surface area contributed by atoms with Gasteiger partial charge in [0.15, 0.2) is 0 Å². The second-order valence-electron chi connectivity index (χ2n) is 4.33. The molecule has 6 heteroatoms. The lowest BCUT2D eigenvalue weighted by Gasteiger charge is -2.04. The quantitative estimate of drug-likeness (QED) is 0.884. The summed E-state index contributed by atoms with van der Waals surface area (Å²) < 4.78 is 31.6. The van der Waals surface area contributed by atoms with E-state index in [1.807, 2.05) is 0 Å². The van der Waals surface area contributed by atoms with Gasteiger partial charge in [0, 0.05) is 12.1 Å². The zero-order chi connectivity index (χ0) is 14.7. The van der Waals surface area contributed by atoms with Crippen LogP contribution in [0.4, 0.5) is 8.78 Å². The largest absolute Gasteiger partial charge is 0.478 e. The van der Waals surface area contributed by atoms with Crippen molar-refractivity contribution in [3.63, 3.8) is 0 Å². The predicted molar refractivity (Wildman–Crippen MR) is 67.3 cm³/mol. The third-order valence-electron chi connectivity index (χ3n) is 2.82. The number of hydrogen-bond acceptors (Lipinski definition) is 3. The van der Waals surface area contributed by atoms with E-state index in [1.165, 1.54) is 6.07 Å². The Hall–Kier alpha value is -2.21. The standard InChI is InChI=1S/C14H13F2NO3/c1-8-12(14(18)19)5-11(20-8)7-17-6-9-4-10(15)2-3-13(9)16/h2-5,17H,6-7H2,1H3,(H,18,19). The van der Waals surface area contributed by atoms with Gasteiger partial charge >= 0.3 is 5.97 Å². The normalized spacial score (nSPS) is 10.8. The van der Waals surface area contributed by atoms with Gasteiger partial charge in [0.1, 0.15) is 28.7 Å². The first-order valence-corrected chi connectivity index (χ1v) is 5.94. The average molecular weight is 281 g/mol. The molecular formula is C14H13F2NO3. The van der Waals surface area contributed by atoms with E-state index in [9.17, 15) is 13.6 Å². The van der Waals surface area contributed by atoms with Gasteiger partial charge in [-0.25, -0.2) is 13.6 Å². The van der Waals surface area contributed by atoms with Crippen molar-refractivity contribution < 1.29 is 23.1 Å². The van der Waals surface area contributed by atoms with Gasteiger partial charge < -0.3 is 14.8 Å². The molecule has 0 amide bonds. The number of carbonyl (C=O) groups is 1. The molecule has 2 aromatic rings. The summed E-state index contributed by atoms with van der Waals surface area (Å²) in [6.07, 6.45) is 0. The minimum Gasteiger partial charge on any atom is -0.478 e. The maximum Gasteiger partial charge on any atom is 0.339 e. The van der Waals surface area contributed by atoms with Gasteiger partial charge in [-0.1, -0.05) is 0 Å². The van der Waals surface area contributed by atoms with Gasteiger partial charge in [0.25, 0.3) is 0 Å². The third kappa shape index (κ3) is 3.21. The molecule has 0 unspecified atom stereocenters. The van der Waals surface area contributed by atoms with Gasteiger partial charge in [0.05, 0.1) is 6.54 Å². The number of furan rings is 1. The lowest BCUT2D eigenvalue weighted by atomic mass is 10.2. The Balaban J connectivity index is 1.98. The summed E-state index contributed by atoms with van der Waals surface area (Å²) in [5.74, 6) is -1.33. The molecule has 1 aromatic heterocycles. The summed E-state index contributed by atoms with van der Waals surface area (Å²) in [4.78, 5) is 10.8. The average Bonchev–Trinajstić information content (AvgIpc) is 2.75. The van der Waals surface area contributed by atoms with Crippen molar-refractivity contribution in [2.75, 3.05) is 0 Å². The monoisotopic (exact) mass is 281 g/mol. The van der Waals surface area contributed by atoms with Crippen LogP contribution in [-0.2, 0) is 13.1 Å². The maximum atomic E-state index is 13.4. The molecule has 2 N–H and O–H groups in total. The highest BCUT2D eigenvalue weighted by atomic mass is 19.1. The molecule has 20 heavy (non-hydrogen) atoms. The van der Waals surface area contributed by atoms with Crippen molar-refractivity contribution in [2.45, 2.75) is 20.0 Å². The summed E-state index contributed by atoms with van der Waals surface area (Å²) >= 11 is 0. The first-order chi connectivity index (χ1) is 9.47. The van der Waals surface area contributed by atoms with Crippen LogP contribution < -0.4 is 5.32 Å². The molecule has 0 bridgehead atoms. The number of aryl methyl sites for hydroxylation is 1. The van der Waals surface area contributed by atoms with Crippen molar-refractivity contribution in [2.24, 2.45) is 0 Å². The highest BCUT2D eigenvalue weighted by Gasteiger charge is 2.13. The Morgan fingerprint density at radius 1 is 1.30 bits per heavy atom. The number of rotatable bonds is 5. The third-order valence-corrected chi connectivity index (χ3v) is 2.82. The smallest absolute Gasteiger partial charge is 0.339 e. The number of carboxylic acids is 1. The van der Waals surface area contributed by atoms with Crippen LogP contribution >= 0.6 is 0 Å². The van der Waals surface area contributed by atoms with Crippen molar-refractivity contribution in [3.8, 4) is 0 Å². The van der Waals surface area contributed by atoms with Crippen LogP contribution in [0.2, 0.25) is 0 Å². The maximum absolute atomic E-state index is 13.4. The number of halogens is 2. The van der Waals surface area contributed by atoms with Gasteiger partial charge in [-0.05, 0) is 31.2 Å². The number of aromatic carboxylic acids is 1. The highest BCUT2D eigenvalue weighted by Crippen LogP contribution is 2.15. The van der Waals surface area contributed by atoms with Gasteiger partial charge in [-0.15, -0.1) is 0 Å². The fourth-order valence-electron chi connectivity index (χ4n) is 1.84. The Labute approximate surface area is 114 Å². The molecule has 4 nitrogen and oxygen atoms in total. The fourth-order valence-corrected chi connectivity index (χ4v) is 1.84. The van der Waals surface area contributed by atoms with Crippen LogP contribution in [0, 0.1) is 18.6 Å². The lowest BCUT2D eigenvalue weighted by molar-refractivity contribution is 0.0695. The number of benzene rings is 1. The molecule has 0 atom stereocenters. The topological polar surface area (TPSA) is 62.5 Å². The second kappa shape index (κ2) is 5.83. The number of carboxylic acid groups (broad SMARTS) is 1. The molecule has 1 heterocycles. The van der Waals surface area contributed by atoms with Crippen LogP contribution in [0.15, 0.2) is 28.7 Å². The van der Waals surface area contributed by atoms with Crippen molar-refractivity contribution in [3.05, 3.63) is 58.5 Å². The Morgan fingerprint density at radius 2 is 2.05 bits per heavy atom. The SMILES string of the molecule is Cc1oc(CNCc2cc(F)ccc2F)cc1C(=O)O. The Bertz CT molecular complexity index is 637. The zero-order valence-corrected chi connectivity index (χ0v) is 10.7. The molecule has 0 fully saturated rings. The van der Waals surface area contributed by atoms with Crippen LogP contribution in [0.3, 0.4) is 0 Å². The molecule has 0 aliphatic carbocycles. The van der Waals surface area contributed by atoms with Crippen molar-refractivity contribution in [1.29, 1.82) is 0 Å². The first-order valence-electron chi connectivity index (χ1n) is 5.94. The van der Waals surface area contributed by atoms with E-state index >= 15 is 0 Å². The molecule has 106 valence electrons. The molecule has 0 spiro atoms. The number of hydrogen-bond donors (Lipinski definition) is 2. The zero-order valence-electron chi connectivity index (χ0n) is 10.7. The molecule has 2 rings (SSSR count). The molecule has 0 saturated carbocycles. The van der Waals surface area contributed by atoms with Crippen molar-refractivity contribution >= 4 is 5.97 Å². The summed E-state index contributed by atoms with van der Waals surface area (Å²) in [5, 5.41) is 11.7. The molecular weight excluding hydrogens is 268 g/mol. The Morgan fingerprint density at radius 3 is 2.70 bits per heavy atom. The van der Waals surface area contributed by atoms with E-state index in [1.54, 1.807) is 6.92 Å². The molecule has 1 aromatic carbocycles.